The summed E-state index contributed by atoms with van der Waals surface area (Å²) < 4.78 is 14.4. The van der Waals surface area contributed by atoms with Crippen molar-refractivity contribution in [2.45, 2.75) is 6.54 Å². The molecular weight excluding hydrogens is 437 g/mol. The van der Waals surface area contributed by atoms with E-state index in [-0.39, 0.29) is 0 Å². The van der Waals surface area contributed by atoms with E-state index in [1.165, 1.54) is 0 Å². The van der Waals surface area contributed by atoms with Gasteiger partial charge in [0.05, 0.1) is 18.3 Å². The van der Waals surface area contributed by atoms with Gasteiger partial charge in [0, 0.05) is 22.6 Å². The van der Waals surface area contributed by atoms with Gasteiger partial charge in [-0.15, -0.1) is 5.10 Å². The Morgan fingerprint density at radius 1 is 1.00 bits per heavy atom. The van der Waals surface area contributed by atoms with E-state index in [2.05, 4.69) is 46.8 Å². The highest BCUT2D eigenvalue weighted by Crippen LogP contribution is 2.33. The summed E-state index contributed by atoms with van der Waals surface area (Å²) >= 11 is 0. The Bertz CT molecular complexity index is 1470. The molecule has 3 heterocycles. The largest absolute Gasteiger partial charge is 0.339 e. The molecule has 5 rings (SSSR count). The number of aromatic nitrogens is 6. The summed E-state index contributed by atoms with van der Waals surface area (Å²) in [6.07, 6.45) is 3.40. The third-order valence-electron chi connectivity index (χ3n) is 5.36. The fraction of sp³-hybridized carbons (Fsp3) is 0.136. The van der Waals surface area contributed by atoms with Crippen molar-refractivity contribution in [3.05, 3.63) is 72.6 Å². The topological polar surface area (TPSA) is 123 Å². The first-order valence-electron chi connectivity index (χ1n) is 10.3. The Morgan fingerprint density at radius 3 is 2.61 bits per heavy atom. The van der Waals surface area contributed by atoms with Crippen molar-refractivity contribution < 1.29 is 4.57 Å². The zero-order chi connectivity index (χ0) is 22.8. The van der Waals surface area contributed by atoms with Crippen LogP contribution in [0.25, 0.3) is 22.2 Å². The normalized spacial score (nSPS) is 11.8. The lowest BCUT2D eigenvalue weighted by Gasteiger charge is -2.16. The second-order valence-corrected chi connectivity index (χ2v) is 10.0. The summed E-state index contributed by atoms with van der Waals surface area (Å²) in [6.45, 7) is 0.511. The fourth-order valence-electron chi connectivity index (χ4n) is 3.59. The first-order chi connectivity index (χ1) is 16.1. The molecule has 0 aliphatic heterocycles. The van der Waals surface area contributed by atoms with Crippen molar-refractivity contribution in [2.24, 2.45) is 0 Å². The van der Waals surface area contributed by atoms with E-state index in [9.17, 15) is 4.57 Å². The van der Waals surface area contributed by atoms with Crippen molar-refractivity contribution in [2.75, 3.05) is 19.4 Å². The molecule has 3 aromatic heterocycles. The van der Waals surface area contributed by atoms with Gasteiger partial charge in [0.25, 0.3) is 0 Å². The molecule has 0 aliphatic rings. The number of benzene rings is 2. The lowest BCUT2D eigenvalue weighted by Crippen LogP contribution is -2.25. The van der Waals surface area contributed by atoms with Crippen LogP contribution in [0.3, 0.4) is 0 Å². The van der Waals surface area contributed by atoms with Crippen LogP contribution >= 0.6 is 7.44 Å². The summed E-state index contributed by atoms with van der Waals surface area (Å²) in [5.74, 6) is 0.562. The summed E-state index contributed by atoms with van der Waals surface area (Å²) in [5.41, 5.74) is 3.87. The van der Waals surface area contributed by atoms with Crippen molar-refractivity contribution >= 4 is 46.5 Å². The van der Waals surface area contributed by atoms with E-state index < -0.39 is 7.44 Å². The minimum Gasteiger partial charge on any atom is -0.339 e. The highest BCUT2D eigenvalue weighted by molar-refractivity contribution is 7.67. The first-order valence-corrected chi connectivity index (χ1v) is 12.0. The Balaban J connectivity index is 1.39. The molecular formula is C22H22N9OP. The van der Waals surface area contributed by atoms with E-state index in [4.69, 9.17) is 0 Å². The van der Waals surface area contributed by atoms with Crippen molar-refractivity contribution in [3.8, 4) is 0 Å². The van der Waals surface area contributed by atoms with Crippen molar-refractivity contribution in [1.29, 1.82) is 0 Å². The lowest BCUT2D eigenvalue weighted by molar-refractivity contribution is 0.570. The van der Waals surface area contributed by atoms with E-state index in [1.54, 1.807) is 31.2 Å². The van der Waals surface area contributed by atoms with Gasteiger partial charge in [0.2, 0.25) is 13.1 Å². The monoisotopic (exact) mass is 459 g/mol. The molecule has 0 saturated carbocycles. The van der Waals surface area contributed by atoms with E-state index in [0.717, 1.165) is 22.2 Å². The van der Waals surface area contributed by atoms with Gasteiger partial charge < -0.3 is 5.32 Å². The maximum Gasteiger partial charge on any atom is 0.240 e. The number of rotatable bonds is 7. The number of fused-ring (bicyclic) bond motifs is 2. The minimum atomic E-state index is -2.80. The molecule has 0 radical (unpaired) electrons. The molecule has 0 fully saturated rings. The zero-order valence-corrected chi connectivity index (χ0v) is 19.0. The molecule has 0 spiro atoms. The molecule has 0 atom stereocenters. The molecule has 0 saturated heterocycles. The summed E-state index contributed by atoms with van der Waals surface area (Å²) in [6, 6.07) is 17.4. The number of nitrogens with zero attached hydrogens (tertiary/aromatic N) is 6. The van der Waals surface area contributed by atoms with Crippen LogP contribution in [-0.2, 0) is 11.1 Å². The fourth-order valence-corrected chi connectivity index (χ4v) is 4.90. The SMILES string of the molecule is CNP(=O)(NC)c1ccc(Nc2cnc3nnn(Cc4ccc5ncccc5c4)c3n2)cc1. The maximum atomic E-state index is 12.7. The van der Waals surface area contributed by atoms with E-state index in [1.807, 2.05) is 48.5 Å². The number of pyridine rings is 1. The number of anilines is 2. The molecule has 0 amide bonds. The predicted molar refractivity (Wildman–Crippen MR) is 129 cm³/mol. The molecule has 2 aromatic carbocycles. The number of nitrogens with one attached hydrogen (secondary N) is 3. The van der Waals surface area contributed by atoms with Crippen LogP contribution in [0, 0.1) is 0 Å². The molecule has 166 valence electrons. The van der Waals surface area contributed by atoms with Crippen molar-refractivity contribution in [1.82, 2.24) is 40.1 Å². The van der Waals surface area contributed by atoms with E-state index >= 15 is 0 Å². The van der Waals surface area contributed by atoms with Crippen molar-refractivity contribution in [3.63, 3.8) is 0 Å². The second-order valence-electron chi connectivity index (χ2n) is 7.41. The molecule has 5 aromatic rings. The van der Waals surface area contributed by atoms with Crippen LogP contribution in [0.5, 0.6) is 0 Å². The van der Waals surface area contributed by atoms with Gasteiger partial charge in [-0.2, -0.15) is 0 Å². The first kappa shape index (κ1) is 21.1. The zero-order valence-electron chi connectivity index (χ0n) is 18.1. The third-order valence-corrected chi connectivity index (χ3v) is 7.65. The molecule has 0 aliphatic carbocycles. The Hall–Kier alpha value is -3.72. The summed E-state index contributed by atoms with van der Waals surface area (Å²) in [5, 5.41) is 19.1. The van der Waals surface area contributed by atoms with Crippen LogP contribution < -0.4 is 20.8 Å². The maximum absolute atomic E-state index is 12.7. The Labute approximate surface area is 190 Å². The summed E-state index contributed by atoms with van der Waals surface area (Å²) in [4.78, 5) is 13.4. The van der Waals surface area contributed by atoms with Gasteiger partial charge in [0.15, 0.2) is 11.5 Å². The molecule has 0 unspecified atom stereocenters. The lowest BCUT2D eigenvalue weighted by atomic mass is 10.1. The highest BCUT2D eigenvalue weighted by atomic mass is 31.2. The van der Waals surface area contributed by atoms with Crippen LogP contribution in [-0.4, -0.2) is 44.0 Å². The molecule has 10 nitrogen and oxygen atoms in total. The van der Waals surface area contributed by atoms with Gasteiger partial charge in [-0.1, -0.05) is 17.3 Å². The third kappa shape index (κ3) is 4.19. The van der Waals surface area contributed by atoms with E-state index in [0.29, 0.717) is 29.0 Å². The van der Waals surface area contributed by atoms with Crippen LogP contribution in [0.4, 0.5) is 11.5 Å². The molecule has 0 bridgehead atoms. The van der Waals surface area contributed by atoms with Gasteiger partial charge >= 0.3 is 0 Å². The van der Waals surface area contributed by atoms with Gasteiger partial charge in [0.1, 0.15) is 0 Å². The number of hydrogen-bond donors (Lipinski definition) is 3. The predicted octanol–water partition coefficient (Wildman–Crippen LogP) is 2.82. The second kappa shape index (κ2) is 8.67. The summed E-state index contributed by atoms with van der Waals surface area (Å²) in [7, 11) is 0.539. The van der Waals surface area contributed by atoms with Gasteiger partial charge in [-0.05, 0) is 62.1 Å². The average molecular weight is 459 g/mol. The molecule has 3 N–H and O–H groups in total. The Morgan fingerprint density at radius 2 is 1.82 bits per heavy atom. The highest BCUT2D eigenvalue weighted by Gasteiger charge is 2.19. The standard InChI is InChI=1S/C22H22N9OP/c1-23-33(32,24-2)18-8-6-17(7-9-18)27-20-13-26-21-22(28-20)31(30-29-21)14-15-5-10-19-16(12-15)4-3-11-25-19/h3-13H,14H2,1-2H3,(H,27,28)(H2,23,24,32). The average Bonchev–Trinajstić information content (AvgIpc) is 3.26. The smallest absolute Gasteiger partial charge is 0.240 e. The number of hydrogen-bond acceptors (Lipinski definition) is 7. The van der Waals surface area contributed by atoms with Crippen LogP contribution in [0.15, 0.2) is 67.0 Å². The van der Waals surface area contributed by atoms with Crippen LogP contribution in [0.2, 0.25) is 0 Å². The minimum absolute atomic E-state index is 0.474. The Kier molecular flexibility index (Phi) is 5.55. The van der Waals surface area contributed by atoms with Gasteiger partial charge in [-0.25, -0.2) is 14.6 Å². The van der Waals surface area contributed by atoms with Gasteiger partial charge in [-0.3, -0.25) is 19.7 Å². The molecule has 33 heavy (non-hydrogen) atoms. The van der Waals surface area contributed by atoms with Crippen LogP contribution in [0.1, 0.15) is 5.56 Å². The molecule has 11 heteroatoms. The quantitative estimate of drug-likeness (QED) is 0.315.